The Balaban J connectivity index is 3.36. The number of nitro groups is 1. The van der Waals surface area contributed by atoms with Crippen LogP contribution >= 0.6 is 0 Å². The van der Waals surface area contributed by atoms with Crippen LogP contribution in [0.3, 0.4) is 0 Å². The number of benzene rings is 1. The number of carbonyl (C=O) groups is 1. The van der Waals surface area contributed by atoms with Crippen molar-refractivity contribution in [1.29, 1.82) is 0 Å². The minimum Gasteiger partial charge on any atom is -0.507 e. The van der Waals surface area contributed by atoms with Gasteiger partial charge >= 0.3 is 0 Å². The molecule has 5 nitrogen and oxygen atoms in total. The number of nitro benzene ring substituents is 1. The zero-order valence-corrected chi connectivity index (χ0v) is 6.85. The first-order chi connectivity index (χ1) is 6.06. The van der Waals surface area contributed by atoms with Crippen molar-refractivity contribution < 1.29 is 14.8 Å². The highest BCUT2D eigenvalue weighted by atomic mass is 16.6. The van der Waals surface area contributed by atoms with Gasteiger partial charge in [-0.1, -0.05) is 0 Å². The number of carbonyl (C=O) groups excluding carboxylic acids is 1. The van der Waals surface area contributed by atoms with E-state index in [1.54, 1.807) is 0 Å². The van der Waals surface area contributed by atoms with Crippen LogP contribution in [0, 0.1) is 17.0 Å². The highest BCUT2D eigenvalue weighted by Crippen LogP contribution is 2.26. The molecule has 0 aliphatic carbocycles. The monoisotopic (exact) mass is 181 g/mol. The maximum absolute atomic E-state index is 10.4. The molecule has 0 saturated carbocycles. The molecule has 68 valence electrons. The molecule has 1 aromatic carbocycles. The third kappa shape index (κ3) is 1.64. The van der Waals surface area contributed by atoms with Crippen LogP contribution in [0.15, 0.2) is 12.1 Å². The molecule has 0 radical (unpaired) electrons. The number of nitrogens with zero attached hydrogens (tertiary/aromatic N) is 1. The van der Waals surface area contributed by atoms with Crippen molar-refractivity contribution in [2.75, 3.05) is 0 Å². The standard InChI is InChI=1S/C8H7NO4/c1-5-2-6(4-10)8(11)3-7(5)9(12)13/h2-4,11H,1H3. The fourth-order valence-corrected chi connectivity index (χ4v) is 0.999. The van der Waals surface area contributed by atoms with Crippen LogP contribution in [0.2, 0.25) is 0 Å². The van der Waals surface area contributed by atoms with Gasteiger partial charge in [0.1, 0.15) is 5.75 Å². The van der Waals surface area contributed by atoms with E-state index in [4.69, 9.17) is 5.11 Å². The Labute approximate surface area is 73.8 Å². The molecule has 13 heavy (non-hydrogen) atoms. The van der Waals surface area contributed by atoms with Gasteiger partial charge in [0.15, 0.2) is 6.29 Å². The van der Waals surface area contributed by atoms with E-state index in [2.05, 4.69) is 0 Å². The van der Waals surface area contributed by atoms with E-state index in [0.29, 0.717) is 11.8 Å². The second-order valence-corrected chi connectivity index (χ2v) is 2.57. The Bertz CT molecular complexity index is 373. The summed E-state index contributed by atoms with van der Waals surface area (Å²) in [6.07, 6.45) is 0.450. The molecule has 0 saturated heterocycles. The zero-order chi connectivity index (χ0) is 10.0. The van der Waals surface area contributed by atoms with E-state index in [0.717, 1.165) is 6.07 Å². The smallest absolute Gasteiger partial charge is 0.276 e. The Morgan fingerprint density at radius 1 is 1.54 bits per heavy atom. The predicted molar refractivity (Wildman–Crippen MR) is 44.9 cm³/mol. The van der Waals surface area contributed by atoms with Crippen molar-refractivity contribution >= 4 is 12.0 Å². The van der Waals surface area contributed by atoms with Crippen molar-refractivity contribution in [3.63, 3.8) is 0 Å². The Kier molecular flexibility index (Phi) is 2.27. The first-order valence-electron chi connectivity index (χ1n) is 3.49. The van der Waals surface area contributed by atoms with Gasteiger partial charge in [0, 0.05) is 5.56 Å². The highest BCUT2D eigenvalue weighted by Gasteiger charge is 2.13. The summed E-state index contributed by atoms with van der Waals surface area (Å²) in [4.78, 5) is 20.1. The summed E-state index contributed by atoms with van der Waals surface area (Å²) in [7, 11) is 0. The van der Waals surface area contributed by atoms with E-state index in [-0.39, 0.29) is 17.0 Å². The molecule has 0 heterocycles. The molecule has 0 aromatic heterocycles. The van der Waals surface area contributed by atoms with Gasteiger partial charge in [-0.15, -0.1) is 0 Å². The van der Waals surface area contributed by atoms with Gasteiger partial charge in [-0.05, 0) is 13.0 Å². The van der Waals surface area contributed by atoms with Crippen molar-refractivity contribution in [1.82, 2.24) is 0 Å². The number of phenolic OH excluding ortho intramolecular Hbond substituents is 1. The topological polar surface area (TPSA) is 80.4 Å². The number of hydrogen-bond donors (Lipinski definition) is 1. The molecule has 5 heteroatoms. The highest BCUT2D eigenvalue weighted by molar-refractivity contribution is 5.80. The Hall–Kier alpha value is -1.91. The van der Waals surface area contributed by atoms with Crippen LogP contribution in [-0.4, -0.2) is 16.3 Å². The van der Waals surface area contributed by atoms with Gasteiger partial charge in [-0.2, -0.15) is 0 Å². The minimum atomic E-state index is -0.608. The van der Waals surface area contributed by atoms with Crippen molar-refractivity contribution in [2.24, 2.45) is 0 Å². The summed E-state index contributed by atoms with van der Waals surface area (Å²) in [6.45, 7) is 1.50. The first kappa shape index (κ1) is 9.18. The third-order valence-electron chi connectivity index (χ3n) is 1.67. The molecule has 1 N–H and O–H groups in total. The molecular weight excluding hydrogens is 174 g/mol. The van der Waals surface area contributed by atoms with E-state index in [1.165, 1.54) is 13.0 Å². The number of rotatable bonds is 2. The molecule has 0 fully saturated rings. The summed E-state index contributed by atoms with van der Waals surface area (Å²) >= 11 is 0. The summed E-state index contributed by atoms with van der Waals surface area (Å²) in [6, 6.07) is 2.25. The van der Waals surface area contributed by atoms with E-state index < -0.39 is 4.92 Å². The van der Waals surface area contributed by atoms with E-state index >= 15 is 0 Å². The molecule has 0 aliphatic heterocycles. The van der Waals surface area contributed by atoms with Crippen LogP contribution in [0.4, 0.5) is 5.69 Å². The second kappa shape index (κ2) is 3.22. The zero-order valence-electron chi connectivity index (χ0n) is 6.85. The molecule has 1 aromatic rings. The van der Waals surface area contributed by atoms with Crippen LogP contribution in [0.1, 0.15) is 15.9 Å². The fraction of sp³-hybridized carbons (Fsp3) is 0.125. The summed E-state index contributed by atoms with van der Waals surface area (Å²) in [5.74, 6) is -0.368. The van der Waals surface area contributed by atoms with Crippen LogP contribution in [0.25, 0.3) is 0 Å². The summed E-state index contributed by atoms with van der Waals surface area (Å²) < 4.78 is 0. The summed E-state index contributed by atoms with van der Waals surface area (Å²) in [5, 5.41) is 19.5. The lowest BCUT2D eigenvalue weighted by Crippen LogP contribution is -1.93. The lowest BCUT2D eigenvalue weighted by atomic mass is 10.1. The van der Waals surface area contributed by atoms with Crippen molar-refractivity contribution in [2.45, 2.75) is 6.92 Å². The van der Waals surface area contributed by atoms with Crippen molar-refractivity contribution in [3.05, 3.63) is 33.4 Å². The largest absolute Gasteiger partial charge is 0.507 e. The molecule has 0 unspecified atom stereocenters. The lowest BCUT2D eigenvalue weighted by molar-refractivity contribution is -0.385. The molecule has 0 aliphatic rings. The Morgan fingerprint density at radius 2 is 2.15 bits per heavy atom. The van der Waals surface area contributed by atoms with Gasteiger partial charge < -0.3 is 5.11 Å². The summed E-state index contributed by atoms with van der Waals surface area (Å²) in [5.41, 5.74) is 0.219. The van der Waals surface area contributed by atoms with Crippen molar-refractivity contribution in [3.8, 4) is 5.75 Å². The van der Waals surface area contributed by atoms with Gasteiger partial charge in [0.2, 0.25) is 0 Å². The first-order valence-corrected chi connectivity index (χ1v) is 3.49. The average Bonchev–Trinajstić information content (AvgIpc) is 2.07. The molecule has 0 spiro atoms. The molecule has 0 atom stereocenters. The molecule has 1 rings (SSSR count). The Morgan fingerprint density at radius 3 is 2.62 bits per heavy atom. The fourth-order valence-electron chi connectivity index (χ4n) is 0.999. The van der Waals surface area contributed by atoms with E-state index in [1.807, 2.05) is 0 Å². The van der Waals surface area contributed by atoms with Crippen LogP contribution in [0.5, 0.6) is 5.75 Å². The molecule has 0 bridgehead atoms. The van der Waals surface area contributed by atoms with E-state index in [9.17, 15) is 14.9 Å². The predicted octanol–water partition coefficient (Wildman–Crippen LogP) is 1.42. The average molecular weight is 181 g/mol. The maximum Gasteiger partial charge on any atom is 0.276 e. The van der Waals surface area contributed by atoms with Crippen LogP contribution < -0.4 is 0 Å². The lowest BCUT2D eigenvalue weighted by Gasteiger charge is -2.00. The third-order valence-corrected chi connectivity index (χ3v) is 1.67. The minimum absolute atomic E-state index is 0.0584. The van der Waals surface area contributed by atoms with Crippen LogP contribution in [-0.2, 0) is 0 Å². The quantitative estimate of drug-likeness (QED) is 0.425. The molecule has 0 amide bonds. The normalized spacial score (nSPS) is 9.62. The van der Waals surface area contributed by atoms with Gasteiger partial charge in [-0.3, -0.25) is 14.9 Å². The number of aromatic hydroxyl groups is 1. The van der Waals surface area contributed by atoms with Gasteiger partial charge in [0.25, 0.3) is 5.69 Å². The number of hydrogen-bond acceptors (Lipinski definition) is 4. The number of phenols is 1. The van der Waals surface area contributed by atoms with Gasteiger partial charge in [-0.25, -0.2) is 0 Å². The number of aldehydes is 1. The van der Waals surface area contributed by atoms with Gasteiger partial charge in [0.05, 0.1) is 16.6 Å². The maximum atomic E-state index is 10.4. The number of aryl methyl sites for hydroxylation is 1. The molecular formula is C8H7NO4. The SMILES string of the molecule is Cc1cc(C=O)c(O)cc1[N+](=O)[O-]. The second-order valence-electron chi connectivity index (χ2n) is 2.57.